The molecule has 0 saturated heterocycles. The number of aliphatic hydroxyl groups excluding tert-OH is 1. The van der Waals surface area contributed by atoms with Crippen molar-refractivity contribution in [2.45, 2.75) is 19.1 Å². The Morgan fingerprint density at radius 3 is 2.58 bits per heavy atom. The maximum absolute atomic E-state index is 11.3. The van der Waals surface area contributed by atoms with Crippen molar-refractivity contribution in [2.24, 2.45) is 0 Å². The highest BCUT2D eigenvalue weighted by Crippen LogP contribution is 2.10. The number of ether oxygens (including phenoxy) is 2. The summed E-state index contributed by atoms with van der Waals surface area (Å²) >= 11 is 0. The van der Waals surface area contributed by atoms with Gasteiger partial charge in [-0.1, -0.05) is 0 Å². The Bertz CT molecular complexity index is 475. The lowest BCUT2D eigenvalue weighted by Crippen LogP contribution is -2.26. The highest BCUT2D eigenvalue weighted by atomic mass is 16.6. The Morgan fingerprint density at radius 1 is 1.37 bits per heavy atom. The molecule has 19 heavy (non-hydrogen) atoms. The molecule has 0 spiro atoms. The molecule has 8 heteroatoms. The Kier molecular flexibility index (Phi) is 5.07. The number of aromatic carboxylic acids is 1. The molecule has 0 amide bonds. The lowest BCUT2D eigenvalue weighted by molar-refractivity contribution is -0.160. The molecule has 0 fully saturated rings. The van der Waals surface area contributed by atoms with Crippen LogP contribution in [0.5, 0.6) is 0 Å². The van der Waals surface area contributed by atoms with Gasteiger partial charge < -0.3 is 24.1 Å². The van der Waals surface area contributed by atoms with E-state index in [-0.39, 0.29) is 18.1 Å². The summed E-state index contributed by atoms with van der Waals surface area (Å²) < 4.78 is 13.7. The van der Waals surface area contributed by atoms with E-state index in [2.05, 4.69) is 9.47 Å². The van der Waals surface area contributed by atoms with Gasteiger partial charge in [-0.2, -0.15) is 0 Å². The first-order chi connectivity index (χ1) is 8.93. The number of rotatable bonds is 6. The van der Waals surface area contributed by atoms with Crippen LogP contribution >= 0.6 is 0 Å². The molecule has 0 radical (unpaired) electrons. The third kappa shape index (κ3) is 4.43. The van der Waals surface area contributed by atoms with Crippen LogP contribution in [0.15, 0.2) is 16.5 Å². The molecule has 2 N–H and O–H groups in total. The summed E-state index contributed by atoms with van der Waals surface area (Å²) in [6, 6.07) is 2.53. The van der Waals surface area contributed by atoms with Gasteiger partial charge in [0.1, 0.15) is 12.4 Å². The van der Waals surface area contributed by atoms with Gasteiger partial charge in [-0.15, -0.1) is 0 Å². The summed E-state index contributed by atoms with van der Waals surface area (Å²) in [5.41, 5.74) is 0. The van der Waals surface area contributed by atoms with E-state index < -0.39 is 30.4 Å². The molecule has 1 aromatic rings. The zero-order valence-corrected chi connectivity index (χ0v) is 9.99. The van der Waals surface area contributed by atoms with Crippen LogP contribution in [0.3, 0.4) is 0 Å². The van der Waals surface area contributed by atoms with Crippen molar-refractivity contribution in [3.8, 4) is 0 Å². The molecule has 0 aliphatic carbocycles. The number of hydrogen-bond donors (Lipinski definition) is 2. The Hall–Kier alpha value is -2.35. The molecule has 1 rings (SSSR count). The second kappa shape index (κ2) is 6.55. The first kappa shape index (κ1) is 14.7. The van der Waals surface area contributed by atoms with Gasteiger partial charge in [-0.25, -0.2) is 9.59 Å². The molecule has 8 nitrogen and oxygen atoms in total. The van der Waals surface area contributed by atoms with Crippen molar-refractivity contribution in [1.29, 1.82) is 0 Å². The van der Waals surface area contributed by atoms with Crippen LogP contribution in [-0.4, -0.2) is 41.3 Å². The first-order valence-electron chi connectivity index (χ1n) is 5.17. The second-order valence-corrected chi connectivity index (χ2v) is 3.47. The zero-order valence-electron chi connectivity index (χ0n) is 9.99. The highest BCUT2D eigenvalue weighted by Gasteiger charge is 2.21. The fraction of sp³-hybridized carbons (Fsp3) is 0.364. The van der Waals surface area contributed by atoms with Gasteiger partial charge in [0.15, 0.2) is 6.10 Å². The Morgan fingerprint density at radius 2 is 2.05 bits per heavy atom. The SMILES string of the molecule is COC(=O)C[C@@H](O)C(=O)OCc1ccc(C(=O)O)o1. The maximum Gasteiger partial charge on any atom is 0.371 e. The number of carboxylic acids is 1. The van der Waals surface area contributed by atoms with E-state index in [1.54, 1.807) is 0 Å². The fourth-order valence-corrected chi connectivity index (χ4v) is 1.13. The third-order valence-corrected chi connectivity index (χ3v) is 2.09. The summed E-state index contributed by atoms with van der Waals surface area (Å²) in [5.74, 6) is -3.21. The monoisotopic (exact) mass is 272 g/mol. The number of carbonyl (C=O) groups is 3. The summed E-state index contributed by atoms with van der Waals surface area (Å²) in [6.07, 6.45) is -2.16. The fourth-order valence-electron chi connectivity index (χ4n) is 1.13. The topological polar surface area (TPSA) is 123 Å². The van der Waals surface area contributed by atoms with Gasteiger partial charge in [0.2, 0.25) is 5.76 Å². The molecule has 0 bridgehead atoms. The Labute approximate surface area is 107 Å². The molecule has 1 atom stereocenters. The van der Waals surface area contributed by atoms with Crippen LogP contribution in [0.4, 0.5) is 0 Å². The number of methoxy groups -OCH3 is 1. The van der Waals surface area contributed by atoms with Crippen LogP contribution in [0.25, 0.3) is 0 Å². The van der Waals surface area contributed by atoms with Crippen molar-refractivity contribution in [3.63, 3.8) is 0 Å². The quantitative estimate of drug-likeness (QED) is 0.690. The van der Waals surface area contributed by atoms with Gasteiger partial charge >= 0.3 is 17.9 Å². The van der Waals surface area contributed by atoms with Crippen LogP contribution in [0.1, 0.15) is 22.7 Å². The number of carbonyl (C=O) groups excluding carboxylic acids is 2. The van der Waals surface area contributed by atoms with Gasteiger partial charge in [0.25, 0.3) is 0 Å². The molecule has 0 unspecified atom stereocenters. The average Bonchev–Trinajstić information content (AvgIpc) is 2.84. The predicted molar refractivity (Wildman–Crippen MR) is 58.1 cm³/mol. The molecule has 1 aromatic heterocycles. The molecular weight excluding hydrogens is 260 g/mol. The van der Waals surface area contributed by atoms with E-state index >= 15 is 0 Å². The summed E-state index contributed by atoms with van der Waals surface area (Å²) in [5, 5.41) is 17.9. The van der Waals surface area contributed by atoms with Crippen molar-refractivity contribution in [3.05, 3.63) is 23.7 Å². The van der Waals surface area contributed by atoms with Gasteiger partial charge in [-0.05, 0) is 12.1 Å². The number of aliphatic hydroxyl groups is 1. The van der Waals surface area contributed by atoms with Gasteiger partial charge in [-0.3, -0.25) is 4.79 Å². The molecule has 1 heterocycles. The molecule has 0 aromatic carbocycles. The van der Waals surface area contributed by atoms with Crippen LogP contribution in [-0.2, 0) is 25.7 Å². The minimum Gasteiger partial charge on any atom is -0.475 e. The smallest absolute Gasteiger partial charge is 0.371 e. The van der Waals surface area contributed by atoms with Crippen molar-refractivity contribution in [2.75, 3.05) is 7.11 Å². The van der Waals surface area contributed by atoms with E-state index in [9.17, 15) is 19.5 Å². The Balaban J connectivity index is 2.44. The second-order valence-electron chi connectivity index (χ2n) is 3.47. The lowest BCUT2D eigenvalue weighted by atomic mass is 10.2. The number of esters is 2. The van der Waals surface area contributed by atoms with Crippen molar-refractivity contribution < 1.29 is 38.5 Å². The highest BCUT2D eigenvalue weighted by molar-refractivity contribution is 5.84. The molecule has 104 valence electrons. The van der Waals surface area contributed by atoms with Crippen molar-refractivity contribution in [1.82, 2.24) is 0 Å². The van der Waals surface area contributed by atoms with E-state index in [0.29, 0.717) is 0 Å². The summed E-state index contributed by atoms with van der Waals surface area (Å²) in [7, 11) is 1.12. The van der Waals surface area contributed by atoms with Crippen LogP contribution in [0, 0.1) is 0 Å². The average molecular weight is 272 g/mol. The third-order valence-electron chi connectivity index (χ3n) is 2.09. The van der Waals surface area contributed by atoms with Gasteiger partial charge in [0, 0.05) is 0 Å². The van der Waals surface area contributed by atoms with Crippen LogP contribution < -0.4 is 0 Å². The zero-order chi connectivity index (χ0) is 14.4. The van der Waals surface area contributed by atoms with E-state index in [1.807, 2.05) is 0 Å². The van der Waals surface area contributed by atoms with E-state index in [4.69, 9.17) is 9.52 Å². The largest absolute Gasteiger partial charge is 0.475 e. The van der Waals surface area contributed by atoms with E-state index in [0.717, 1.165) is 7.11 Å². The standard InChI is InChI=1S/C11H12O8/c1-17-9(13)4-7(12)11(16)18-5-6-2-3-8(19-6)10(14)15/h2-3,7,12H,4-5H2,1H3,(H,14,15)/t7-/m1/s1. The minimum absolute atomic E-state index is 0.107. The molecule has 0 saturated carbocycles. The number of furan rings is 1. The van der Waals surface area contributed by atoms with Crippen LogP contribution in [0.2, 0.25) is 0 Å². The summed E-state index contributed by atoms with van der Waals surface area (Å²) in [4.78, 5) is 32.6. The van der Waals surface area contributed by atoms with Crippen molar-refractivity contribution >= 4 is 17.9 Å². The maximum atomic E-state index is 11.3. The lowest BCUT2D eigenvalue weighted by Gasteiger charge is -2.08. The normalized spacial score (nSPS) is 11.7. The molecular formula is C11H12O8. The first-order valence-corrected chi connectivity index (χ1v) is 5.17. The van der Waals surface area contributed by atoms with Gasteiger partial charge in [0.05, 0.1) is 13.5 Å². The molecule has 0 aliphatic rings. The molecule has 0 aliphatic heterocycles. The van der Waals surface area contributed by atoms with E-state index in [1.165, 1.54) is 12.1 Å². The predicted octanol–water partition coefficient (Wildman–Crippen LogP) is -0.0550. The number of carboxylic acid groups (broad SMARTS) is 1. The summed E-state index contributed by atoms with van der Waals surface area (Å²) in [6.45, 7) is -0.343. The minimum atomic E-state index is -1.64. The number of hydrogen-bond acceptors (Lipinski definition) is 7.